The highest BCUT2D eigenvalue weighted by Gasteiger charge is 2.23. The van der Waals surface area contributed by atoms with E-state index >= 15 is 0 Å². The molecule has 1 saturated heterocycles. The number of anilines is 1. The smallest absolute Gasteiger partial charge is 0.266 e. The number of ether oxygens (including phenoxy) is 2. The number of hydrogen-bond donors (Lipinski definition) is 0. The van der Waals surface area contributed by atoms with E-state index in [4.69, 9.17) is 9.47 Å². The van der Waals surface area contributed by atoms with Gasteiger partial charge in [0.15, 0.2) is 21.6 Å². The maximum atomic E-state index is 13.4. The molecular formula is C26H27N3O5S2. The third kappa shape index (κ3) is 5.67. The summed E-state index contributed by atoms with van der Waals surface area (Å²) in [5.41, 5.74) is 0.655. The lowest BCUT2D eigenvalue weighted by molar-refractivity contribution is -0.120. The van der Waals surface area contributed by atoms with Crippen LogP contribution in [-0.4, -0.2) is 76.5 Å². The minimum Gasteiger partial charge on any atom is -0.484 e. The lowest BCUT2D eigenvalue weighted by Crippen LogP contribution is -2.44. The Balaban J connectivity index is 1.37. The Morgan fingerprint density at radius 1 is 1.08 bits per heavy atom. The Kier molecular flexibility index (Phi) is 7.20. The molecule has 0 saturated carbocycles. The molecule has 2 heterocycles. The molecule has 0 radical (unpaired) electrons. The van der Waals surface area contributed by atoms with Crippen LogP contribution in [0.2, 0.25) is 0 Å². The fourth-order valence-electron chi connectivity index (χ4n) is 4.11. The summed E-state index contributed by atoms with van der Waals surface area (Å²) in [7, 11) is -3.34. The number of sulfone groups is 1. The van der Waals surface area contributed by atoms with Gasteiger partial charge in [0.2, 0.25) is 0 Å². The van der Waals surface area contributed by atoms with Gasteiger partial charge in [0.05, 0.1) is 28.3 Å². The van der Waals surface area contributed by atoms with Crippen LogP contribution in [0.1, 0.15) is 0 Å². The van der Waals surface area contributed by atoms with Crippen LogP contribution in [0.4, 0.5) is 5.13 Å². The van der Waals surface area contributed by atoms with Gasteiger partial charge in [0.1, 0.15) is 5.75 Å². The van der Waals surface area contributed by atoms with Gasteiger partial charge in [-0.25, -0.2) is 13.4 Å². The van der Waals surface area contributed by atoms with E-state index < -0.39 is 9.84 Å². The van der Waals surface area contributed by atoms with Gasteiger partial charge >= 0.3 is 0 Å². The number of morpholine rings is 1. The maximum absolute atomic E-state index is 13.4. The van der Waals surface area contributed by atoms with Crippen LogP contribution in [-0.2, 0) is 19.4 Å². The highest BCUT2D eigenvalue weighted by Crippen LogP contribution is 2.31. The summed E-state index contributed by atoms with van der Waals surface area (Å²) in [5, 5.41) is 2.67. The highest BCUT2D eigenvalue weighted by molar-refractivity contribution is 7.90. The molecule has 3 aromatic carbocycles. The van der Waals surface area contributed by atoms with Crippen molar-refractivity contribution in [2.75, 3.05) is 57.2 Å². The lowest BCUT2D eigenvalue weighted by atomic mass is 10.1. The zero-order valence-electron chi connectivity index (χ0n) is 19.9. The fraction of sp³-hybridized carbons (Fsp3) is 0.308. The number of hydrogen-bond acceptors (Lipinski definition) is 8. The number of carbonyl (C=O) groups excluding carboxylic acids is 1. The van der Waals surface area contributed by atoms with Gasteiger partial charge in [-0.3, -0.25) is 14.6 Å². The van der Waals surface area contributed by atoms with Crippen molar-refractivity contribution < 1.29 is 22.7 Å². The van der Waals surface area contributed by atoms with Crippen LogP contribution >= 0.6 is 11.3 Å². The molecule has 0 bridgehead atoms. The molecule has 36 heavy (non-hydrogen) atoms. The van der Waals surface area contributed by atoms with E-state index in [1.807, 2.05) is 42.5 Å². The number of carbonyl (C=O) groups is 1. The van der Waals surface area contributed by atoms with Gasteiger partial charge in [-0.05, 0) is 41.1 Å². The van der Waals surface area contributed by atoms with Gasteiger partial charge in [0.25, 0.3) is 5.91 Å². The minimum absolute atomic E-state index is 0.133. The monoisotopic (exact) mass is 525 g/mol. The molecule has 188 valence electrons. The molecule has 1 aliphatic heterocycles. The molecule has 5 rings (SSSR count). The zero-order chi connectivity index (χ0) is 25.1. The maximum Gasteiger partial charge on any atom is 0.266 e. The second-order valence-corrected chi connectivity index (χ2v) is 11.7. The van der Waals surface area contributed by atoms with Crippen molar-refractivity contribution in [1.29, 1.82) is 0 Å². The fourth-order valence-corrected chi connectivity index (χ4v) is 5.88. The van der Waals surface area contributed by atoms with Crippen molar-refractivity contribution in [2.45, 2.75) is 4.90 Å². The first-order valence-corrected chi connectivity index (χ1v) is 14.4. The largest absolute Gasteiger partial charge is 0.484 e. The average molecular weight is 526 g/mol. The van der Waals surface area contributed by atoms with E-state index in [-0.39, 0.29) is 17.4 Å². The Morgan fingerprint density at radius 2 is 1.86 bits per heavy atom. The second-order valence-electron chi connectivity index (χ2n) is 8.70. The van der Waals surface area contributed by atoms with Gasteiger partial charge in [0, 0.05) is 32.4 Å². The molecule has 0 spiro atoms. The van der Waals surface area contributed by atoms with Crippen LogP contribution in [0, 0.1) is 0 Å². The van der Waals surface area contributed by atoms with E-state index in [1.54, 1.807) is 23.1 Å². The third-order valence-corrected chi connectivity index (χ3v) is 8.29. The number of fused-ring (bicyclic) bond motifs is 2. The third-order valence-electron chi connectivity index (χ3n) is 6.14. The summed E-state index contributed by atoms with van der Waals surface area (Å²) in [6.45, 7) is 3.96. The summed E-state index contributed by atoms with van der Waals surface area (Å²) in [6, 6.07) is 18.6. The van der Waals surface area contributed by atoms with E-state index in [9.17, 15) is 13.2 Å². The Hall–Kier alpha value is -3.05. The molecule has 1 aliphatic rings. The van der Waals surface area contributed by atoms with Crippen LogP contribution in [0.5, 0.6) is 5.75 Å². The number of thiazole rings is 1. The van der Waals surface area contributed by atoms with Crippen LogP contribution in [0.15, 0.2) is 65.6 Å². The lowest BCUT2D eigenvalue weighted by Gasteiger charge is -2.29. The van der Waals surface area contributed by atoms with Crippen LogP contribution < -0.4 is 9.64 Å². The normalized spacial score (nSPS) is 14.8. The van der Waals surface area contributed by atoms with Crippen LogP contribution in [0.3, 0.4) is 0 Å². The number of nitrogens with zero attached hydrogens (tertiary/aromatic N) is 3. The predicted molar refractivity (Wildman–Crippen MR) is 142 cm³/mol. The molecule has 0 unspecified atom stereocenters. The first-order valence-electron chi connectivity index (χ1n) is 11.7. The summed E-state index contributed by atoms with van der Waals surface area (Å²) in [6.07, 6.45) is 1.18. The standard InChI is InChI=1S/C26H27N3O5S2/c1-36(31,32)22-8-9-23-24(17-22)35-26(27-23)29(11-10-28-12-14-33-15-13-28)25(30)18-34-21-7-6-19-4-2-3-5-20(19)16-21/h2-9,16-17H,10-15,18H2,1H3. The summed E-state index contributed by atoms with van der Waals surface area (Å²) >= 11 is 1.30. The summed E-state index contributed by atoms with van der Waals surface area (Å²) in [5.74, 6) is 0.413. The van der Waals surface area contributed by atoms with Gasteiger partial charge < -0.3 is 9.47 Å². The summed E-state index contributed by atoms with van der Waals surface area (Å²) in [4.78, 5) is 22.2. The molecule has 1 amide bonds. The Morgan fingerprint density at radius 3 is 2.64 bits per heavy atom. The second kappa shape index (κ2) is 10.5. The van der Waals surface area contributed by atoms with Crippen molar-refractivity contribution in [3.05, 3.63) is 60.7 Å². The average Bonchev–Trinajstić information content (AvgIpc) is 3.30. The molecule has 0 atom stereocenters. The first-order chi connectivity index (χ1) is 17.4. The van der Waals surface area contributed by atoms with E-state index in [0.29, 0.717) is 47.4 Å². The number of aromatic nitrogens is 1. The highest BCUT2D eigenvalue weighted by atomic mass is 32.2. The summed E-state index contributed by atoms with van der Waals surface area (Å²) < 4.78 is 36.0. The Labute approximate surface area is 214 Å². The molecule has 8 nitrogen and oxygen atoms in total. The molecule has 4 aromatic rings. The van der Waals surface area contributed by atoms with Crippen molar-refractivity contribution in [3.8, 4) is 5.75 Å². The van der Waals surface area contributed by atoms with Crippen LogP contribution in [0.25, 0.3) is 21.0 Å². The van der Waals surface area contributed by atoms with Crippen molar-refractivity contribution >= 4 is 53.2 Å². The van der Waals surface area contributed by atoms with E-state index in [2.05, 4.69) is 9.88 Å². The quantitative estimate of drug-likeness (QED) is 0.347. The van der Waals surface area contributed by atoms with E-state index in [1.165, 1.54) is 17.6 Å². The molecule has 1 aromatic heterocycles. The molecule has 10 heteroatoms. The predicted octanol–water partition coefficient (Wildman–Crippen LogP) is 3.60. The zero-order valence-corrected chi connectivity index (χ0v) is 21.6. The topological polar surface area (TPSA) is 89.0 Å². The molecule has 0 N–H and O–H groups in total. The van der Waals surface area contributed by atoms with Gasteiger partial charge in [-0.1, -0.05) is 41.7 Å². The number of rotatable bonds is 8. The van der Waals surface area contributed by atoms with Gasteiger partial charge in [-0.2, -0.15) is 0 Å². The SMILES string of the molecule is CS(=O)(=O)c1ccc2nc(N(CCN3CCOCC3)C(=O)COc3ccc4ccccc4c3)sc2c1. The molecular weight excluding hydrogens is 498 g/mol. The molecule has 1 fully saturated rings. The first kappa shape index (κ1) is 24.6. The van der Waals surface area contributed by atoms with Crippen molar-refractivity contribution in [2.24, 2.45) is 0 Å². The van der Waals surface area contributed by atoms with Gasteiger partial charge in [-0.15, -0.1) is 0 Å². The van der Waals surface area contributed by atoms with Crippen molar-refractivity contribution in [3.63, 3.8) is 0 Å². The number of amides is 1. The minimum atomic E-state index is -3.34. The number of benzene rings is 3. The van der Waals surface area contributed by atoms with Crippen molar-refractivity contribution in [1.82, 2.24) is 9.88 Å². The Bertz CT molecular complexity index is 1500. The van der Waals surface area contributed by atoms with E-state index in [0.717, 1.165) is 23.9 Å². The molecule has 0 aliphatic carbocycles.